The first-order valence-electron chi connectivity index (χ1n) is 4.94. The van der Waals surface area contributed by atoms with Crippen molar-refractivity contribution in [3.05, 3.63) is 48.0 Å². The third-order valence-electron chi connectivity index (χ3n) is 2.41. The number of hydrogen-bond donors (Lipinski definition) is 0. The molecule has 0 atom stereocenters. The van der Waals surface area contributed by atoms with Gasteiger partial charge in [0.25, 0.3) is 0 Å². The summed E-state index contributed by atoms with van der Waals surface area (Å²) in [5.41, 5.74) is 1.46. The molecule has 0 fully saturated rings. The standard InChI is InChI=1S/C13H13I/c14-9-3-4-11-7-8-12-5-1-2-6-13(12)10-11/h1-2,5-8,10H,3-4,9H2. The van der Waals surface area contributed by atoms with Crippen LogP contribution in [0.4, 0.5) is 0 Å². The second-order valence-corrected chi connectivity index (χ2v) is 4.55. The normalized spacial score (nSPS) is 10.6. The minimum Gasteiger partial charge on any atom is -0.0864 e. The van der Waals surface area contributed by atoms with Crippen molar-refractivity contribution in [3.63, 3.8) is 0 Å². The van der Waals surface area contributed by atoms with Gasteiger partial charge in [0.05, 0.1) is 0 Å². The van der Waals surface area contributed by atoms with E-state index in [0.29, 0.717) is 0 Å². The fourth-order valence-electron chi connectivity index (χ4n) is 1.67. The van der Waals surface area contributed by atoms with E-state index < -0.39 is 0 Å². The van der Waals surface area contributed by atoms with Crippen LogP contribution in [0.5, 0.6) is 0 Å². The van der Waals surface area contributed by atoms with E-state index in [1.54, 1.807) is 0 Å². The number of fused-ring (bicyclic) bond motifs is 1. The van der Waals surface area contributed by atoms with Gasteiger partial charge < -0.3 is 0 Å². The highest BCUT2D eigenvalue weighted by Gasteiger charge is 1.95. The van der Waals surface area contributed by atoms with Gasteiger partial charge in [-0.1, -0.05) is 65.1 Å². The molecule has 0 saturated heterocycles. The number of aryl methyl sites for hydroxylation is 1. The lowest BCUT2D eigenvalue weighted by Crippen LogP contribution is -1.85. The second kappa shape index (κ2) is 4.78. The Hall–Kier alpha value is -0.570. The van der Waals surface area contributed by atoms with Crippen LogP contribution in [0.15, 0.2) is 42.5 Å². The van der Waals surface area contributed by atoms with E-state index in [4.69, 9.17) is 0 Å². The Morgan fingerprint density at radius 1 is 0.929 bits per heavy atom. The summed E-state index contributed by atoms with van der Waals surface area (Å²) in [4.78, 5) is 0. The molecule has 0 aliphatic heterocycles. The second-order valence-electron chi connectivity index (χ2n) is 3.47. The van der Waals surface area contributed by atoms with Crippen LogP contribution >= 0.6 is 22.6 Å². The zero-order valence-electron chi connectivity index (χ0n) is 8.04. The molecule has 0 bridgehead atoms. The predicted molar refractivity (Wildman–Crippen MR) is 71.2 cm³/mol. The fourth-order valence-corrected chi connectivity index (χ4v) is 2.05. The molecule has 0 saturated carbocycles. The quantitative estimate of drug-likeness (QED) is 0.588. The molecule has 72 valence electrons. The van der Waals surface area contributed by atoms with E-state index in [0.717, 1.165) is 0 Å². The maximum absolute atomic E-state index is 2.43. The van der Waals surface area contributed by atoms with Crippen molar-refractivity contribution in [2.45, 2.75) is 12.8 Å². The number of halogens is 1. The highest BCUT2D eigenvalue weighted by Crippen LogP contribution is 2.16. The van der Waals surface area contributed by atoms with Crippen molar-refractivity contribution < 1.29 is 0 Å². The molecule has 0 heterocycles. The lowest BCUT2D eigenvalue weighted by molar-refractivity contribution is 0.948. The monoisotopic (exact) mass is 296 g/mol. The van der Waals surface area contributed by atoms with Crippen LogP contribution in [0.1, 0.15) is 12.0 Å². The molecular formula is C13H13I. The van der Waals surface area contributed by atoms with Crippen LogP contribution in [0, 0.1) is 0 Å². The molecule has 0 aromatic heterocycles. The fraction of sp³-hybridized carbons (Fsp3) is 0.231. The van der Waals surface area contributed by atoms with Crippen molar-refractivity contribution in [1.82, 2.24) is 0 Å². The summed E-state index contributed by atoms with van der Waals surface area (Å²) in [6, 6.07) is 15.3. The van der Waals surface area contributed by atoms with E-state index in [1.807, 2.05) is 0 Å². The molecule has 0 amide bonds. The summed E-state index contributed by atoms with van der Waals surface area (Å²) in [5.74, 6) is 0. The Balaban J connectivity index is 2.32. The summed E-state index contributed by atoms with van der Waals surface area (Å²) >= 11 is 2.43. The third-order valence-corrected chi connectivity index (χ3v) is 3.18. The number of rotatable bonds is 3. The molecule has 0 radical (unpaired) electrons. The first-order chi connectivity index (χ1) is 6.90. The summed E-state index contributed by atoms with van der Waals surface area (Å²) < 4.78 is 1.24. The summed E-state index contributed by atoms with van der Waals surface area (Å²) in [6.07, 6.45) is 2.48. The van der Waals surface area contributed by atoms with E-state index in [1.165, 1.54) is 33.6 Å². The lowest BCUT2D eigenvalue weighted by atomic mass is 10.0. The Kier molecular flexibility index (Phi) is 3.40. The van der Waals surface area contributed by atoms with Crippen molar-refractivity contribution in [1.29, 1.82) is 0 Å². The van der Waals surface area contributed by atoms with Gasteiger partial charge in [0.2, 0.25) is 0 Å². The molecular weight excluding hydrogens is 283 g/mol. The number of benzene rings is 2. The first-order valence-corrected chi connectivity index (χ1v) is 6.46. The zero-order chi connectivity index (χ0) is 9.80. The zero-order valence-corrected chi connectivity index (χ0v) is 10.2. The molecule has 2 aromatic rings. The number of hydrogen-bond acceptors (Lipinski definition) is 0. The van der Waals surface area contributed by atoms with Crippen molar-refractivity contribution in [3.8, 4) is 0 Å². The topological polar surface area (TPSA) is 0 Å². The highest BCUT2D eigenvalue weighted by molar-refractivity contribution is 14.1. The Bertz CT molecular complexity index is 420. The molecule has 0 nitrogen and oxygen atoms in total. The van der Waals surface area contributed by atoms with E-state index in [9.17, 15) is 0 Å². The third kappa shape index (κ3) is 2.27. The average Bonchev–Trinajstić information content (AvgIpc) is 2.26. The molecule has 1 heteroatoms. The summed E-state index contributed by atoms with van der Waals surface area (Å²) in [7, 11) is 0. The van der Waals surface area contributed by atoms with Gasteiger partial charge in [-0.15, -0.1) is 0 Å². The predicted octanol–water partition coefficient (Wildman–Crippen LogP) is 4.21. The van der Waals surface area contributed by atoms with Gasteiger partial charge in [-0.2, -0.15) is 0 Å². The smallest absolute Gasteiger partial charge is 0.000156 e. The molecule has 0 unspecified atom stereocenters. The van der Waals surface area contributed by atoms with Crippen LogP contribution in [0.25, 0.3) is 10.8 Å². The molecule has 2 rings (SSSR count). The van der Waals surface area contributed by atoms with E-state index in [2.05, 4.69) is 65.1 Å². The largest absolute Gasteiger partial charge is 0.0864 e. The minimum atomic E-state index is 1.20. The van der Waals surface area contributed by atoms with Gasteiger partial charge >= 0.3 is 0 Å². The van der Waals surface area contributed by atoms with Gasteiger partial charge in [0.15, 0.2) is 0 Å². The average molecular weight is 296 g/mol. The van der Waals surface area contributed by atoms with Crippen LogP contribution in [0.3, 0.4) is 0 Å². The molecule has 0 spiro atoms. The Morgan fingerprint density at radius 2 is 1.71 bits per heavy atom. The van der Waals surface area contributed by atoms with Crippen LogP contribution in [0.2, 0.25) is 0 Å². The van der Waals surface area contributed by atoms with Gasteiger partial charge in [0.1, 0.15) is 0 Å². The van der Waals surface area contributed by atoms with E-state index >= 15 is 0 Å². The van der Waals surface area contributed by atoms with Crippen LogP contribution < -0.4 is 0 Å². The van der Waals surface area contributed by atoms with Crippen LogP contribution in [-0.4, -0.2) is 4.43 Å². The maximum atomic E-state index is 2.43. The number of alkyl halides is 1. The SMILES string of the molecule is ICCCc1ccc2ccccc2c1. The molecule has 0 aliphatic rings. The van der Waals surface area contributed by atoms with Gasteiger partial charge in [-0.25, -0.2) is 0 Å². The summed E-state index contributed by atoms with van der Waals surface area (Å²) in [6.45, 7) is 0. The van der Waals surface area contributed by atoms with Crippen LogP contribution in [-0.2, 0) is 6.42 Å². The Labute approximate surface area is 98.5 Å². The van der Waals surface area contributed by atoms with Crippen molar-refractivity contribution >= 4 is 33.4 Å². The molecule has 0 aliphatic carbocycles. The first kappa shape index (κ1) is 9.97. The highest BCUT2D eigenvalue weighted by atomic mass is 127. The molecule has 14 heavy (non-hydrogen) atoms. The summed E-state index contributed by atoms with van der Waals surface area (Å²) in [5, 5.41) is 2.70. The maximum Gasteiger partial charge on any atom is -0.000156 e. The minimum absolute atomic E-state index is 1.20. The van der Waals surface area contributed by atoms with Gasteiger partial charge in [0, 0.05) is 0 Å². The van der Waals surface area contributed by atoms with Gasteiger partial charge in [-0.05, 0) is 33.6 Å². The van der Waals surface area contributed by atoms with Gasteiger partial charge in [-0.3, -0.25) is 0 Å². The van der Waals surface area contributed by atoms with Crippen molar-refractivity contribution in [2.75, 3.05) is 4.43 Å². The Morgan fingerprint density at radius 3 is 2.50 bits per heavy atom. The van der Waals surface area contributed by atoms with E-state index in [-0.39, 0.29) is 0 Å². The molecule has 2 aromatic carbocycles. The van der Waals surface area contributed by atoms with Crippen molar-refractivity contribution in [2.24, 2.45) is 0 Å². The lowest BCUT2D eigenvalue weighted by Gasteiger charge is -2.02. The molecule has 0 N–H and O–H groups in total.